The molecule has 1 heterocycles. The maximum absolute atomic E-state index is 5.87. The van der Waals surface area contributed by atoms with Gasteiger partial charge in [-0.2, -0.15) is 0 Å². The number of nitrogens with one attached hydrogen (secondary N) is 1. The van der Waals surface area contributed by atoms with E-state index in [1.807, 2.05) is 25.5 Å². The Balaban J connectivity index is 1.93. The molecule has 108 valence electrons. The van der Waals surface area contributed by atoms with Crippen LogP contribution in [0, 0.1) is 6.92 Å². The lowest BCUT2D eigenvalue weighted by molar-refractivity contribution is 0.322. The van der Waals surface area contributed by atoms with Gasteiger partial charge >= 0.3 is 0 Å². The minimum absolute atomic E-state index is 0.391. The summed E-state index contributed by atoms with van der Waals surface area (Å²) in [6.07, 6.45) is 1.99. The number of ether oxygens (including phenoxy) is 1. The third-order valence-corrected chi connectivity index (χ3v) is 4.45. The standard InChI is InChI=1S/C16H22N2OS/c1-4-15(17-3)13-6-5-7-14(10-13)19-9-8-16-12(2)18-11-20-16/h5-7,10-11,15,17H,4,8-9H2,1-3H3. The minimum atomic E-state index is 0.391. The lowest BCUT2D eigenvalue weighted by Crippen LogP contribution is -2.15. The molecular formula is C16H22N2OS. The molecule has 3 nitrogen and oxygen atoms in total. The number of aryl methyl sites for hydroxylation is 1. The minimum Gasteiger partial charge on any atom is -0.493 e. The Kier molecular flexibility index (Phi) is 5.56. The zero-order valence-corrected chi connectivity index (χ0v) is 13.2. The van der Waals surface area contributed by atoms with E-state index in [9.17, 15) is 0 Å². The molecule has 4 heteroatoms. The zero-order valence-electron chi connectivity index (χ0n) is 12.3. The molecule has 0 aliphatic rings. The first kappa shape index (κ1) is 15.0. The van der Waals surface area contributed by atoms with E-state index in [-0.39, 0.29) is 0 Å². The van der Waals surface area contributed by atoms with Gasteiger partial charge in [0.2, 0.25) is 0 Å². The molecule has 0 aliphatic carbocycles. The van der Waals surface area contributed by atoms with Crippen LogP contribution in [0.3, 0.4) is 0 Å². The van der Waals surface area contributed by atoms with Crippen LogP contribution in [0.2, 0.25) is 0 Å². The van der Waals surface area contributed by atoms with E-state index in [0.717, 1.165) is 24.3 Å². The van der Waals surface area contributed by atoms with Crippen LogP contribution < -0.4 is 10.1 Å². The summed E-state index contributed by atoms with van der Waals surface area (Å²) in [5.41, 5.74) is 4.29. The summed E-state index contributed by atoms with van der Waals surface area (Å²) in [5.74, 6) is 0.943. The van der Waals surface area contributed by atoms with Crippen LogP contribution in [0.15, 0.2) is 29.8 Å². The molecule has 1 aromatic carbocycles. The summed E-state index contributed by atoms with van der Waals surface area (Å²) in [5, 5.41) is 3.32. The molecule has 0 fully saturated rings. The second kappa shape index (κ2) is 7.41. The summed E-state index contributed by atoms with van der Waals surface area (Å²) in [6.45, 7) is 4.93. The molecule has 1 atom stereocenters. The van der Waals surface area contributed by atoms with Crippen molar-refractivity contribution in [3.8, 4) is 5.75 Å². The van der Waals surface area contributed by atoms with Crippen molar-refractivity contribution in [2.75, 3.05) is 13.7 Å². The van der Waals surface area contributed by atoms with E-state index >= 15 is 0 Å². The van der Waals surface area contributed by atoms with E-state index in [2.05, 4.69) is 35.4 Å². The highest BCUT2D eigenvalue weighted by molar-refractivity contribution is 7.09. The largest absolute Gasteiger partial charge is 0.493 e. The quantitative estimate of drug-likeness (QED) is 0.843. The Bertz CT molecular complexity index is 535. The average molecular weight is 290 g/mol. The van der Waals surface area contributed by atoms with Crippen molar-refractivity contribution in [1.29, 1.82) is 0 Å². The van der Waals surface area contributed by atoms with Crippen LogP contribution >= 0.6 is 11.3 Å². The van der Waals surface area contributed by atoms with Gasteiger partial charge in [-0.05, 0) is 38.1 Å². The first-order valence-electron chi connectivity index (χ1n) is 7.03. The molecule has 2 aromatic rings. The van der Waals surface area contributed by atoms with Crippen molar-refractivity contribution in [3.63, 3.8) is 0 Å². The van der Waals surface area contributed by atoms with E-state index in [1.165, 1.54) is 10.4 Å². The Hall–Kier alpha value is -1.39. The van der Waals surface area contributed by atoms with Crippen molar-refractivity contribution in [3.05, 3.63) is 45.9 Å². The molecule has 0 saturated carbocycles. The van der Waals surface area contributed by atoms with Gasteiger partial charge in [-0.15, -0.1) is 11.3 Å². The number of hydrogen-bond donors (Lipinski definition) is 1. The van der Waals surface area contributed by atoms with E-state index in [1.54, 1.807) is 11.3 Å². The summed E-state index contributed by atoms with van der Waals surface area (Å²) >= 11 is 1.70. The fraction of sp³-hybridized carbons (Fsp3) is 0.438. The molecule has 2 rings (SSSR count). The Morgan fingerprint density at radius 1 is 1.40 bits per heavy atom. The number of benzene rings is 1. The van der Waals surface area contributed by atoms with Gasteiger partial charge in [0.15, 0.2) is 0 Å². The van der Waals surface area contributed by atoms with Gasteiger partial charge in [-0.3, -0.25) is 0 Å². The molecule has 1 N–H and O–H groups in total. The lowest BCUT2D eigenvalue weighted by Gasteiger charge is -2.15. The third kappa shape index (κ3) is 3.81. The van der Waals surface area contributed by atoms with Crippen molar-refractivity contribution in [2.24, 2.45) is 0 Å². The Morgan fingerprint density at radius 3 is 2.90 bits per heavy atom. The zero-order chi connectivity index (χ0) is 14.4. The van der Waals surface area contributed by atoms with Crippen molar-refractivity contribution in [2.45, 2.75) is 32.7 Å². The summed E-state index contributed by atoms with van der Waals surface area (Å²) < 4.78 is 5.87. The van der Waals surface area contributed by atoms with Gasteiger partial charge in [-0.25, -0.2) is 4.98 Å². The van der Waals surface area contributed by atoms with Gasteiger partial charge in [0.25, 0.3) is 0 Å². The first-order chi connectivity index (χ1) is 9.74. The summed E-state index contributed by atoms with van der Waals surface area (Å²) in [6, 6.07) is 8.74. The molecule has 0 amide bonds. The van der Waals surface area contributed by atoms with Crippen molar-refractivity contribution < 1.29 is 4.74 Å². The molecule has 0 aliphatic heterocycles. The molecule has 0 radical (unpaired) electrons. The first-order valence-corrected chi connectivity index (χ1v) is 7.91. The van der Waals surface area contributed by atoms with Crippen molar-refractivity contribution >= 4 is 11.3 Å². The third-order valence-electron chi connectivity index (χ3n) is 3.46. The van der Waals surface area contributed by atoms with Crippen LogP contribution in [0.5, 0.6) is 5.75 Å². The molecule has 0 spiro atoms. The summed E-state index contributed by atoms with van der Waals surface area (Å²) in [4.78, 5) is 5.56. The maximum Gasteiger partial charge on any atom is 0.119 e. The molecule has 20 heavy (non-hydrogen) atoms. The van der Waals surface area contributed by atoms with Gasteiger partial charge in [0.1, 0.15) is 5.75 Å². The highest BCUT2D eigenvalue weighted by atomic mass is 32.1. The Labute approximate surface area is 125 Å². The van der Waals surface area contributed by atoms with E-state index in [4.69, 9.17) is 4.74 Å². The van der Waals surface area contributed by atoms with Crippen LogP contribution in [0.25, 0.3) is 0 Å². The molecule has 1 unspecified atom stereocenters. The maximum atomic E-state index is 5.87. The Morgan fingerprint density at radius 2 is 2.25 bits per heavy atom. The van der Waals surface area contributed by atoms with E-state index in [0.29, 0.717) is 12.6 Å². The number of rotatable bonds is 7. The fourth-order valence-electron chi connectivity index (χ4n) is 2.26. The molecule has 0 saturated heterocycles. The monoisotopic (exact) mass is 290 g/mol. The van der Waals surface area contributed by atoms with Crippen molar-refractivity contribution in [1.82, 2.24) is 10.3 Å². The normalized spacial score (nSPS) is 12.3. The predicted molar refractivity (Wildman–Crippen MR) is 84.6 cm³/mol. The predicted octanol–water partition coefficient (Wildman–Crippen LogP) is 3.74. The number of aromatic nitrogens is 1. The van der Waals surface area contributed by atoms with Crippen LogP contribution in [-0.4, -0.2) is 18.6 Å². The van der Waals surface area contributed by atoms with E-state index < -0.39 is 0 Å². The van der Waals surface area contributed by atoms with Crippen LogP contribution in [0.1, 0.15) is 35.5 Å². The number of hydrogen-bond acceptors (Lipinski definition) is 4. The second-order valence-electron chi connectivity index (χ2n) is 4.78. The van der Waals surface area contributed by atoms with Gasteiger partial charge in [0.05, 0.1) is 17.8 Å². The SMILES string of the molecule is CCC(NC)c1cccc(OCCc2scnc2C)c1. The highest BCUT2D eigenvalue weighted by Crippen LogP contribution is 2.21. The number of thiazole rings is 1. The van der Waals surface area contributed by atoms with Crippen LogP contribution in [-0.2, 0) is 6.42 Å². The summed E-state index contributed by atoms with van der Waals surface area (Å²) in [7, 11) is 1.99. The smallest absolute Gasteiger partial charge is 0.119 e. The molecular weight excluding hydrogens is 268 g/mol. The van der Waals surface area contributed by atoms with Crippen LogP contribution in [0.4, 0.5) is 0 Å². The number of nitrogens with zero attached hydrogens (tertiary/aromatic N) is 1. The molecule has 0 bridgehead atoms. The average Bonchev–Trinajstić information content (AvgIpc) is 2.86. The van der Waals surface area contributed by atoms with Gasteiger partial charge in [-0.1, -0.05) is 19.1 Å². The lowest BCUT2D eigenvalue weighted by atomic mass is 10.0. The fourth-order valence-corrected chi connectivity index (χ4v) is 3.02. The highest BCUT2D eigenvalue weighted by Gasteiger charge is 2.07. The van der Waals surface area contributed by atoms with Gasteiger partial charge in [0, 0.05) is 17.3 Å². The second-order valence-corrected chi connectivity index (χ2v) is 5.72. The molecule has 1 aromatic heterocycles. The van der Waals surface area contributed by atoms with Gasteiger partial charge < -0.3 is 10.1 Å². The topological polar surface area (TPSA) is 34.1 Å².